The van der Waals surface area contributed by atoms with E-state index in [0.29, 0.717) is 5.41 Å². The normalized spacial score (nSPS) is 18.8. The second-order valence-electron chi connectivity index (χ2n) is 5.99. The summed E-state index contributed by atoms with van der Waals surface area (Å²) in [5.41, 5.74) is 1.85. The van der Waals surface area contributed by atoms with E-state index >= 15 is 0 Å². The van der Waals surface area contributed by atoms with E-state index in [1.807, 2.05) is 18.4 Å². The van der Waals surface area contributed by atoms with Crippen molar-refractivity contribution in [3.05, 3.63) is 15.6 Å². The number of nitrogens with zero attached hydrogens (tertiary/aromatic N) is 1. The van der Waals surface area contributed by atoms with Gasteiger partial charge in [0.05, 0.1) is 10.7 Å². The second kappa shape index (κ2) is 3.81. The third-order valence-electron chi connectivity index (χ3n) is 3.29. The van der Waals surface area contributed by atoms with Gasteiger partial charge in [-0.1, -0.05) is 20.8 Å². The SMILES string of the molecule is CNCC1(c2sc(C(C)(C)C)nc2C)CC1. The molecule has 3 heteroatoms. The molecule has 16 heavy (non-hydrogen) atoms. The average Bonchev–Trinajstić information content (AvgIpc) is 2.81. The van der Waals surface area contributed by atoms with E-state index < -0.39 is 0 Å². The van der Waals surface area contributed by atoms with Gasteiger partial charge in [-0.15, -0.1) is 11.3 Å². The first kappa shape index (κ1) is 12.1. The fourth-order valence-corrected chi connectivity index (χ4v) is 3.55. The monoisotopic (exact) mass is 238 g/mol. The summed E-state index contributed by atoms with van der Waals surface area (Å²) in [5, 5.41) is 4.60. The maximum atomic E-state index is 4.76. The van der Waals surface area contributed by atoms with Crippen LogP contribution in [0.4, 0.5) is 0 Å². The van der Waals surface area contributed by atoms with Crippen LogP contribution in [0, 0.1) is 6.92 Å². The van der Waals surface area contributed by atoms with Crippen molar-refractivity contribution in [3.63, 3.8) is 0 Å². The summed E-state index contributed by atoms with van der Waals surface area (Å²) in [5.74, 6) is 0. The zero-order chi connectivity index (χ0) is 12.0. The van der Waals surface area contributed by atoms with E-state index in [-0.39, 0.29) is 5.41 Å². The molecule has 2 rings (SSSR count). The Hall–Kier alpha value is -0.410. The highest BCUT2D eigenvalue weighted by atomic mass is 32.1. The van der Waals surface area contributed by atoms with E-state index in [1.165, 1.54) is 28.4 Å². The van der Waals surface area contributed by atoms with Gasteiger partial charge in [0.1, 0.15) is 0 Å². The summed E-state index contributed by atoms with van der Waals surface area (Å²) in [7, 11) is 2.04. The van der Waals surface area contributed by atoms with E-state index in [1.54, 1.807) is 0 Å². The maximum absolute atomic E-state index is 4.76. The number of hydrogen-bond donors (Lipinski definition) is 1. The van der Waals surface area contributed by atoms with Gasteiger partial charge in [-0.2, -0.15) is 0 Å². The first-order valence-corrected chi connectivity index (χ1v) is 6.84. The smallest absolute Gasteiger partial charge is 0.0984 e. The Labute approximate surface area is 102 Å². The topological polar surface area (TPSA) is 24.9 Å². The molecule has 0 bridgehead atoms. The van der Waals surface area contributed by atoms with Crippen LogP contribution in [0.3, 0.4) is 0 Å². The molecule has 90 valence electrons. The Morgan fingerprint density at radius 3 is 2.38 bits per heavy atom. The van der Waals surface area contributed by atoms with Crippen LogP contribution in [0.1, 0.15) is 49.2 Å². The summed E-state index contributed by atoms with van der Waals surface area (Å²) in [6, 6.07) is 0. The Morgan fingerprint density at radius 2 is 2.00 bits per heavy atom. The van der Waals surface area contributed by atoms with Crippen molar-refractivity contribution >= 4 is 11.3 Å². The maximum Gasteiger partial charge on any atom is 0.0984 e. The van der Waals surface area contributed by atoms with Gasteiger partial charge in [-0.25, -0.2) is 4.98 Å². The molecule has 1 saturated carbocycles. The molecule has 0 unspecified atom stereocenters. The van der Waals surface area contributed by atoms with Gasteiger partial charge < -0.3 is 5.32 Å². The molecular weight excluding hydrogens is 216 g/mol. The van der Waals surface area contributed by atoms with Crippen molar-refractivity contribution in [1.29, 1.82) is 0 Å². The molecule has 0 atom stereocenters. The lowest BCUT2D eigenvalue weighted by molar-refractivity contribution is 0.583. The predicted molar refractivity (Wildman–Crippen MR) is 70.4 cm³/mol. The lowest BCUT2D eigenvalue weighted by atomic mass is 9.98. The lowest BCUT2D eigenvalue weighted by Crippen LogP contribution is -2.23. The minimum absolute atomic E-state index is 0.184. The molecule has 1 aromatic heterocycles. The summed E-state index contributed by atoms with van der Waals surface area (Å²) in [6.45, 7) is 9.99. The molecule has 1 aromatic rings. The third-order valence-corrected chi connectivity index (χ3v) is 5.12. The summed E-state index contributed by atoms with van der Waals surface area (Å²) in [4.78, 5) is 6.28. The van der Waals surface area contributed by atoms with Crippen LogP contribution in [0.5, 0.6) is 0 Å². The minimum atomic E-state index is 0.184. The van der Waals surface area contributed by atoms with Gasteiger partial charge >= 0.3 is 0 Å². The Kier molecular flexibility index (Phi) is 2.87. The van der Waals surface area contributed by atoms with Crippen molar-refractivity contribution in [2.75, 3.05) is 13.6 Å². The highest BCUT2D eigenvalue weighted by molar-refractivity contribution is 7.12. The molecule has 0 amide bonds. The van der Waals surface area contributed by atoms with Crippen molar-refractivity contribution in [1.82, 2.24) is 10.3 Å². The largest absolute Gasteiger partial charge is 0.319 e. The fraction of sp³-hybridized carbons (Fsp3) is 0.769. The number of aryl methyl sites for hydroxylation is 1. The number of thiazole rings is 1. The van der Waals surface area contributed by atoms with Crippen molar-refractivity contribution in [2.45, 2.75) is 51.4 Å². The molecule has 1 heterocycles. The molecule has 0 aliphatic heterocycles. The molecule has 1 fully saturated rings. The summed E-state index contributed by atoms with van der Waals surface area (Å²) >= 11 is 1.92. The second-order valence-corrected chi connectivity index (χ2v) is 6.99. The number of hydrogen-bond acceptors (Lipinski definition) is 3. The van der Waals surface area contributed by atoms with Gasteiger partial charge in [-0.3, -0.25) is 0 Å². The van der Waals surface area contributed by atoms with Gasteiger partial charge in [0.25, 0.3) is 0 Å². The first-order valence-electron chi connectivity index (χ1n) is 6.02. The van der Waals surface area contributed by atoms with Crippen molar-refractivity contribution in [3.8, 4) is 0 Å². The molecule has 1 aliphatic rings. The van der Waals surface area contributed by atoms with Crippen LogP contribution in [0.15, 0.2) is 0 Å². The van der Waals surface area contributed by atoms with E-state index in [0.717, 1.165) is 6.54 Å². The van der Waals surface area contributed by atoms with Crippen LogP contribution in [-0.4, -0.2) is 18.6 Å². The van der Waals surface area contributed by atoms with Crippen molar-refractivity contribution < 1.29 is 0 Å². The van der Waals surface area contributed by atoms with Gasteiger partial charge in [-0.05, 0) is 26.8 Å². The van der Waals surface area contributed by atoms with Crippen LogP contribution >= 0.6 is 11.3 Å². The standard InChI is InChI=1S/C13H22N2S/c1-9-10(13(6-7-13)8-14-5)16-11(15-9)12(2,3)4/h14H,6-8H2,1-5H3. The van der Waals surface area contributed by atoms with Crippen LogP contribution in [0.25, 0.3) is 0 Å². The molecular formula is C13H22N2S. The molecule has 2 nitrogen and oxygen atoms in total. The quantitative estimate of drug-likeness (QED) is 0.875. The molecule has 0 radical (unpaired) electrons. The number of aromatic nitrogens is 1. The molecule has 0 spiro atoms. The molecule has 1 aliphatic carbocycles. The number of rotatable bonds is 3. The van der Waals surface area contributed by atoms with Gasteiger partial charge in [0.15, 0.2) is 0 Å². The Morgan fingerprint density at radius 1 is 1.38 bits per heavy atom. The third kappa shape index (κ3) is 2.03. The predicted octanol–water partition coefficient (Wildman–Crippen LogP) is 3.00. The fourth-order valence-electron chi connectivity index (χ4n) is 2.18. The van der Waals surface area contributed by atoms with Gasteiger partial charge in [0, 0.05) is 22.3 Å². The zero-order valence-corrected chi connectivity index (χ0v) is 11.8. The summed E-state index contributed by atoms with van der Waals surface area (Å²) in [6.07, 6.45) is 2.64. The molecule has 1 N–H and O–H groups in total. The Balaban J connectivity index is 2.33. The first-order chi connectivity index (χ1) is 7.39. The average molecular weight is 238 g/mol. The highest BCUT2D eigenvalue weighted by Gasteiger charge is 2.46. The van der Waals surface area contributed by atoms with Crippen LogP contribution in [0.2, 0.25) is 0 Å². The molecule has 0 aromatic carbocycles. The van der Waals surface area contributed by atoms with Gasteiger partial charge in [0.2, 0.25) is 0 Å². The van der Waals surface area contributed by atoms with Crippen LogP contribution in [-0.2, 0) is 10.8 Å². The zero-order valence-electron chi connectivity index (χ0n) is 11.0. The molecule has 0 saturated heterocycles. The Bertz CT molecular complexity index is 383. The van der Waals surface area contributed by atoms with Crippen molar-refractivity contribution in [2.24, 2.45) is 0 Å². The summed E-state index contributed by atoms with van der Waals surface area (Å²) < 4.78 is 0. The number of nitrogens with one attached hydrogen (secondary N) is 1. The number of likely N-dealkylation sites (N-methyl/N-ethyl adjacent to an activating group) is 1. The van der Waals surface area contributed by atoms with E-state index in [9.17, 15) is 0 Å². The van der Waals surface area contributed by atoms with Crippen LogP contribution < -0.4 is 5.32 Å². The minimum Gasteiger partial charge on any atom is -0.319 e. The van der Waals surface area contributed by atoms with E-state index in [2.05, 4.69) is 33.0 Å². The highest BCUT2D eigenvalue weighted by Crippen LogP contribution is 2.51. The lowest BCUT2D eigenvalue weighted by Gasteiger charge is -2.15. The van der Waals surface area contributed by atoms with E-state index in [4.69, 9.17) is 4.98 Å².